The van der Waals surface area contributed by atoms with Crippen molar-refractivity contribution in [1.29, 1.82) is 0 Å². The number of nitrogens with zero attached hydrogens (tertiary/aromatic N) is 1. The number of fused-ring (bicyclic) bond motifs is 6. The number of hydrogen-bond donors (Lipinski definition) is 0. The molecule has 0 aromatic heterocycles. The fourth-order valence-corrected chi connectivity index (χ4v) is 3.63. The Morgan fingerprint density at radius 1 is 1.12 bits per heavy atom. The number of para-hydroxylation sites is 1. The summed E-state index contributed by atoms with van der Waals surface area (Å²) in [6.07, 6.45) is -0.832. The van der Waals surface area contributed by atoms with Gasteiger partial charge in [-0.05, 0) is 17.7 Å². The van der Waals surface area contributed by atoms with Gasteiger partial charge in [-0.1, -0.05) is 18.2 Å². The Kier molecular flexibility index (Phi) is 3.42. The fourth-order valence-electron chi connectivity index (χ4n) is 3.63. The lowest BCUT2D eigenvalue weighted by molar-refractivity contribution is -0.160. The molecule has 1 saturated heterocycles. The summed E-state index contributed by atoms with van der Waals surface area (Å²) in [5.74, 6) is 0.576. The molecule has 2 aliphatic rings. The van der Waals surface area contributed by atoms with Gasteiger partial charge in [-0.2, -0.15) is 0 Å². The van der Waals surface area contributed by atoms with Gasteiger partial charge in [-0.3, -0.25) is 14.5 Å². The molecule has 2 aromatic rings. The van der Waals surface area contributed by atoms with Crippen molar-refractivity contribution in [2.75, 3.05) is 19.1 Å². The minimum atomic E-state index is -0.832. The van der Waals surface area contributed by atoms with Gasteiger partial charge < -0.3 is 14.2 Å². The van der Waals surface area contributed by atoms with Crippen LogP contribution in [0.3, 0.4) is 0 Å². The van der Waals surface area contributed by atoms with Crippen molar-refractivity contribution >= 4 is 17.6 Å². The highest BCUT2D eigenvalue weighted by atomic mass is 16.6. The number of ether oxygens (including phenoxy) is 3. The van der Waals surface area contributed by atoms with Crippen LogP contribution in [0.4, 0.5) is 5.69 Å². The van der Waals surface area contributed by atoms with Crippen LogP contribution < -0.4 is 14.4 Å². The van der Waals surface area contributed by atoms with Crippen LogP contribution in [-0.4, -0.2) is 32.2 Å². The number of methoxy groups -OCH3 is 2. The maximum Gasteiger partial charge on any atom is 0.303 e. The third kappa shape index (κ3) is 2.10. The molecular formula is C19H17NO5. The molecule has 0 bridgehead atoms. The quantitative estimate of drug-likeness (QED) is 0.635. The average molecular weight is 339 g/mol. The number of amides is 1. The summed E-state index contributed by atoms with van der Waals surface area (Å²) in [5.41, 5.74) is 3.44. The third-order valence-electron chi connectivity index (χ3n) is 4.65. The monoisotopic (exact) mass is 339 g/mol. The smallest absolute Gasteiger partial charge is 0.303 e. The number of β-lactam (4-membered cyclic amide) rings is 1. The lowest BCUT2D eigenvalue weighted by Gasteiger charge is -2.50. The Bertz CT molecular complexity index is 891. The van der Waals surface area contributed by atoms with E-state index in [1.807, 2.05) is 36.4 Å². The van der Waals surface area contributed by atoms with Crippen molar-refractivity contribution in [2.24, 2.45) is 0 Å². The van der Waals surface area contributed by atoms with Crippen LogP contribution in [-0.2, 0) is 14.3 Å². The Hall–Kier alpha value is -3.02. The first-order valence-electron chi connectivity index (χ1n) is 7.92. The van der Waals surface area contributed by atoms with Crippen LogP contribution in [0.2, 0.25) is 0 Å². The lowest BCUT2D eigenvalue weighted by atomic mass is 9.79. The number of benzene rings is 2. The predicted molar refractivity (Wildman–Crippen MR) is 90.8 cm³/mol. The Labute approximate surface area is 144 Å². The maximum atomic E-state index is 12.6. The topological polar surface area (TPSA) is 65.1 Å². The molecule has 0 radical (unpaired) electrons. The zero-order valence-electron chi connectivity index (χ0n) is 14.1. The summed E-state index contributed by atoms with van der Waals surface area (Å²) >= 11 is 0. The van der Waals surface area contributed by atoms with Crippen LogP contribution in [0.25, 0.3) is 11.1 Å². The van der Waals surface area contributed by atoms with Gasteiger partial charge in [0.25, 0.3) is 5.91 Å². The molecule has 2 aliphatic heterocycles. The van der Waals surface area contributed by atoms with Crippen molar-refractivity contribution in [2.45, 2.75) is 19.1 Å². The highest BCUT2D eigenvalue weighted by molar-refractivity contribution is 6.11. The molecule has 0 N–H and O–H groups in total. The van der Waals surface area contributed by atoms with Crippen LogP contribution in [0.15, 0.2) is 36.4 Å². The van der Waals surface area contributed by atoms with Crippen molar-refractivity contribution < 1.29 is 23.8 Å². The number of rotatable bonds is 3. The molecule has 2 aromatic carbocycles. The molecule has 25 heavy (non-hydrogen) atoms. The van der Waals surface area contributed by atoms with Crippen LogP contribution in [0, 0.1) is 0 Å². The normalized spacial score (nSPS) is 20.0. The van der Waals surface area contributed by atoms with E-state index >= 15 is 0 Å². The van der Waals surface area contributed by atoms with Gasteiger partial charge in [0.1, 0.15) is 17.5 Å². The summed E-state index contributed by atoms with van der Waals surface area (Å²) in [5, 5.41) is 0. The first-order valence-corrected chi connectivity index (χ1v) is 7.92. The molecule has 6 heteroatoms. The summed E-state index contributed by atoms with van der Waals surface area (Å²) in [7, 11) is 3.17. The second-order valence-corrected chi connectivity index (χ2v) is 5.99. The van der Waals surface area contributed by atoms with E-state index in [0.717, 1.165) is 22.4 Å². The first kappa shape index (κ1) is 15.5. The summed E-state index contributed by atoms with van der Waals surface area (Å²) in [4.78, 5) is 25.7. The zero-order valence-corrected chi connectivity index (χ0v) is 14.1. The van der Waals surface area contributed by atoms with Crippen molar-refractivity contribution in [3.05, 3.63) is 42.0 Å². The minimum absolute atomic E-state index is 0.222. The van der Waals surface area contributed by atoms with Crippen molar-refractivity contribution in [1.82, 2.24) is 0 Å². The maximum absolute atomic E-state index is 12.6. The molecular weight excluding hydrogens is 322 g/mol. The molecule has 1 fully saturated rings. The highest BCUT2D eigenvalue weighted by Crippen LogP contribution is 2.55. The van der Waals surface area contributed by atoms with E-state index in [4.69, 9.17) is 14.2 Å². The third-order valence-corrected chi connectivity index (χ3v) is 4.65. The molecule has 0 saturated carbocycles. The highest BCUT2D eigenvalue weighted by Gasteiger charge is 2.55. The summed E-state index contributed by atoms with van der Waals surface area (Å²) < 4.78 is 16.2. The molecule has 128 valence electrons. The number of carbonyl (C=O) groups is 2. The van der Waals surface area contributed by atoms with Gasteiger partial charge in [0, 0.05) is 24.1 Å². The number of anilines is 1. The van der Waals surface area contributed by atoms with Gasteiger partial charge >= 0.3 is 5.97 Å². The predicted octanol–water partition coefficient (Wildman–Crippen LogP) is 2.70. The number of esters is 1. The van der Waals surface area contributed by atoms with E-state index in [1.54, 1.807) is 19.1 Å². The van der Waals surface area contributed by atoms with E-state index in [2.05, 4.69) is 0 Å². The van der Waals surface area contributed by atoms with Crippen LogP contribution in [0.5, 0.6) is 11.5 Å². The van der Waals surface area contributed by atoms with Crippen LogP contribution >= 0.6 is 0 Å². The van der Waals surface area contributed by atoms with Crippen molar-refractivity contribution in [3.63, 3.8) is 0 Å². The second kappa shape index (κ2) is 5.51. The van der Waals surface area contributed by atoms with Gasteiger partial charge in [-0.25, -0.2) is 0 Å². The molecule has 0 spiro atoms. The number of hydrogen-bond acceptors (Lipinski definition) is 5. The van der Waals surface area contributed by atoms with Gasteiger partial charge in [0.15, 0.2) is 0 Å². The molecule has 6 nitrogen and oxygen atoms in total. The molecule has 0 aliphatic carbocycles. The Morgan fingerprint density at radius 2 is 1.88 bits per heavy atom. The van der Waals surface area contributed by atoms with E-state index in [0.29, 0.717) is 11.5 Å². The minimum Gasteiger partial charge on any atom is -0.497 e. The zero-order chi connectivity index (χ0) is 17.7. The van der Waals surface area contributed by atoms with E-state index < -0.39 is 12.1 Å². The van der Waals surface area contributed by atoms with Crippen LogP contribution in [0.1, 0.15) is 18.5 Å². The molecule has 1 amide bonds. The SMILES string of the molecule is COc1cc(OC)c2c(c1)[C@H]1[C@H](OC(C)=O)C(=O)N1c1ccccc1-2. The molecule has 0 unspecified atom stereocenters. The summed E-state index contributed by atoms with van der Waals surface area (Å²) in [6, 6.07) is 10.9. The van der Waals surface area contributed by atoms with Gasteiger partial charge in [0.05, 0.1) is 19.9 Å². The van der Waals surface area contributed by atoms with Crippen molar-refractivity contribution in [3.8, 4) is 22.6 Å². The molecule has 2 atom stereocenters. The van der Waals surface area contributed by atoms with E-state index in [9.17, 15) is 9.59 Å². The Balaban J connectivity index is 1.96. The average Bonchev–Trinajstić information content (AvgIpc) is 2.63. The van der Waals surface area contributed by atoms with Gasteiger partial charge in [0.2, 0.25) is 6.10 Å². The number of carbonyl (C=O) groups excluding carboxylic acids is 2. The van der Waals surface area contributed by atoms with Gasteiger partial charge in [-0.15, -0.1) is 0 Å². The second-order valence-electron chi connectivity index (χ2n) is 5.99. The Morgan fingerprint density at radius 3 is 2.56 bits per heavy atom. The molecule has 4 rings (SSSR count). The molecule has 2 heterocycles. The summed E-state index contributed by atoms with van der Waals surface area (Å²) in [6.45, 7) is 1.31. The van der Waals surface area contributed by atoms with E-state index in [1.165, 1.54) is 6.92 Å². The standard InChI is InChI=1S/C19H17NO5/c1-10(21)25-18-17-13-8-11(23-2)9-15(24-3)16(13)12-6-4-5-7-14(12)20(17)19(18)22/h4-9,17-18H,1-3H3/t17-,18-/m0/s1. The largest absolute Gasteiger partial charge is 0.497 e. The lowest BCUT2D eigenvalue weighted by Crippen LogP contribution is -2.61. The van der Waals surface area contributed by atoms with E-state index in [-0.39, 0.29) is 11.9 Å². The fraction of sp³-hybridized carbons (Fsp3) is 0.263. The first-order chi connectivity index (χ1) is 12.1.